The molecule has 1 amide bonds. The second-order valence-corrected chi connectivity index (χ2v) is 15.8. The highest BCUT2D eigenvalue weighted by atomic mass is 35.5. The number of carbonyl (C=O) groups is 1. The molecular formula is C25H42ClN5O10P2. The number of amides is 1. The number of rotatable bonds is 18. The van der Waals surface area contributed by atoms with Crippen LogP contribution in [0.5, 0.6) is 0 Å². The summed E-state index contributed by atoms with van der Waals surface area (Å²) in [5.41, 5.74) is 0.173. The summed E-state index contributed by atoms with van der Waals surface area (Å²) in [5.74, 6) is -1.24. The molecule has 1 aliphatic rings. The van der Waals surface area contributed by atoms with Gasteiger partial charge in [0.05, 0.1) is 19.0 Å². The Hall–Kier alpha value is -1.67. The zero-order chi connectivity index (χ0) is 31.6. The maximum Gasteiger partial charge on any atom is 0.412 e. The van der Waals surface area contributed by atoms with Gasteiger partial charge >= 0.3 is 13.7 Å². The molecular weight excluding hydrogens is 628 g/mol. The third-order valence-corrected chi connectivity index (χ3v) is 11.5. The second kappa shape index (κ2) is 16.6. The maximum absolute atomic E-state index is 12.4. The minimum absolute atomic E-state index is 0.0370. The smallest absolute Gasteiger partial charge is 0.412 e. The Labute approximate surface area is 255 Å². The van der Waals surface area contributed by atoms with Crippen molar-refractivity contribution in [1.29, 1.82) is 0 Å². The number of hydrogen-bond donors (Lipinski definition) is 6. The van der Waals surface area contributed by atoms with E-state index in [-0.39, 0.29) is 35.3 Å². The Bertz CT molecular complexity index is 1290. The first-order chi connectivity index (χ1) is 20.3. The summed E-state index contributed by atoms with van der Waals surface area (Å²) in [7, 11) is -8.96. The van der Waals surface area contributed by atoms with Crippen molar-refractivity contribution in [2.45, 2.75) is 102 Å². The van der Waals surface area contributed by atoms with E-state index in [0.29, 0.717) is 0 Å². The third kappa shape index (κ3) is 11.3. The normalized spacial score (nSPS) is 22.1. The number of hydrogen-bond acceptors (Lipinski definition) is 10. The number of nitrogens with one attached hydrogen (secondary N) is 1. The monoisotopic (exact) mass is 669 g/mol. The van der Waals surface area contributed by atoms with Crippen molar-refractivity contribution in [3.05, 3.63) is 11.6 Å². The lowest BCUT2D eigenvalue weighted by atomic mass is 10.1. The van der Waals surface area contributed by atoms with Crippen LogP contribution < -0.4 is 5.32 Å². The molecule has 1 saturated heterocycles. The molecule has 3 heterocycles. The zero-order valence-corrected chi connectivity index (χ0v) is 26.7. The molecule has 0 aromatic carbocycles. The minimum atomic E-state index is -4.74. The Morgan fingerprint density at radius 1 is 1.02 bits per heavy atom. The van der Waals surface area contributed by atoms with Crippen LogP contribution in [0.25, 0.3) is 11.2 Å². The Kier molecular flexibility index (Phi) is 13.8. The Morgan fingerprint density at radius 2 is 1.65 bits per heavy atom. The van der Waals surface area contributed by atoms with Gasteiger partial charge in [-0.3, -0.25) is 19.0 Å². The molecule has 3 rings (SSSR count). The topological polar surface area (TPSA) is 226 Å². The van der Waals surface area contributed by atoms with Crippen LogP contribution in [0.1, 0.15) is 83.8 Å². The molecule has 2 aromatic heterocycles. The number of imidazole rings is 1. The molecule has 1 aliphatic heterocycles. The second-order valence-electron chi connectivity index (χ2n) is 10.8. The first-order valence-corrected chi connectivity index (χ1v) is 18.7. The molecule has 0 spiro atoms. The van der Waals surface area contributed by atoms with Crippen LogP contribution in [0.3, 0.4) is 0 Å². The molecule has 244 valence electrons. The summed E-state index contributed by atoms with van der Waals surface area (Å²) >= 11 is 6.08. The van der Waals surface area contributed by atoms with Crippen molar-refractivity contribution in [2.75, 3.05) is 24.0 Å². The van der Waals surface area contributed by atoms with E-state index in [0.717, 1.165) is 25.7 Å². The van der Waals surface area contributed by atoms with E-state index in [9.17, 15) is 29.0 Å². The molecule has 0 saturated carbocycles. The fourth-order valence-electron chi connectivity index (χ4n) is 4.94. The van der Waals surface area contributed by atoms with Crippen molar-refractivity contribution in [1.82, 2.24) is 19.5 Å². The first-order valence-electron chi connectivity index (χ1n) is 14.5. The SMILES string of the molecule is CCCCCCCCCCCCOC(=O)Nc1nc(Cl)nc2c1ncn2[C@@H]1O[C@H](CCP(=O)(O)CP(=O)(O)O)C(O)C1O. The van der Waals surface area contributed by atoms with Crippen molar-refractivity contribution >= 4 is 49.6 Å². The number of aliphatic hydroxyl groups is 2. The average molecular weight is 670 g/mol. The van der Waals surface area contributed by atoms with E-state index in [4.69, 9.17) is 30.9 Å². The van der Waals surface area contributed by atoms with Crippen LogP contribution in [0.2, 0.25) is 5.28 Å². The number of nitrogens with zero attached hydrogens (tertiary/aromatic N) is 4. The maximum atomic E-state index is 12.4. The molecule has 18 heteroatoms. The van der Waals surface area contributed by atoms with Gasteiger partial charge < -0.3 is 34.4 Å². The number of fused-ring (bicyclic) bond motifs is 1. The number of carbonyl (C=O) groups excluding carboxylic acids is 1. The summed E-state index contributed by atoms with van der Waals surface area (Å²) in [6.07, 6.45) is 5.80. The lowest BCUT2D eigenvalue weighted by molar-refractivity contribution is -0.0354. The van der Waals surface area contributed by atoms with Gasteiger partial charge in [0.2, 0.25) is 12.7 Å². The minimum Gasteiger partial charge on any atom is -0.449 e. The van der Waals surface area contributed by atoms with Gasteiger partial charge in [-0.25, -0.2) is 9.78 Å². The molecule has 0 bridgehead atoms. The number of unbranched alkanes of at least 4 members (excludes halogenated alkanes) is 9. The number of halogens is 1. The fraction of sp³-hybridized carbons (Fsp3) is 0.760. The van der Waals surface area contributed by atoms with Crippen LogP contribution >= 0.6 is 26.6 Å². The molecule has 3 unspecified atom stereocenters. The lowest BCUT2D eigenvalue weighted by Crippen LogP contribution is -2.32. The van der Waals surface area contributed by atoms with Gasteiger partial charge in [-0.15, -0.1) is 0 Å². The summed E-state index contributed by atoms with van der Waals surface area (Å²) in [5, 5.41) is 23.4. The molecule has 0 aliphatic carbocycles. The van der Waals surface area contributed by atoms with Gasteiger partial charge in [0, 0.05) is 6.16 Å². The molecule has 5 atom stereocenters. The number of ether oxygens (including phenoxy) is 2. The Balaban J connectivity index is 1.53. The summed E-state index contributed by atoms with van der Waals surface area (Å²) in [6.45, 7) is 2.43. The molecule has 0 radical (unpaired) electrons. The zero-order valence-electron chi connectivity index (χ0n) is 24.1. The van der Waals surface area contributed by atoms with Crippen molar-refractivity contribution in [2.24, 2.45) is 0 Å². The van der Waals surface area contributed by atoms with E-state index >= 15 is 0 Å². The van der Waals surface area contributed by atoms with Crippen molar-refractivity contribution in [3.8, 4) is 0 Å². The summed E-state index contributed by atoms with van der Waals surface area (Å²) in [6, 6.07) is 0. The molecule has 6 N–H and O–H groups in total. The number of anilines is 1. The first kappa shape index (κ1) is 35.8. The largest absolute Gasteiger partial charge is 0.449 e. The standard InChI is InChI=1S/C25H42ClN5O10P2/c1-2-3-4-5-6-7-8-9-10-11-13-40-25(34)29-21-18-22(30-24(26)28-21)31(15-27-18)23-20(33)19(32)17(41-23)12-14-42(35,36)16-43(37,38)39/h15,17,19-20,23,32-33H,2-14,16H2,1H3,(H,35,36)(H2,37,38,39)(H,28,29,30,34)/t17-,19?,20?,23-/m1/s1. The predicted molar refractivity (Wildman–Crippen MR) is 159 cm³/mol. The lowest BCUT2D eigenvalue weighted by Gasteiger charge is -2.18. The van der Waals surface area contributed by atoms with Crippen LogP contribution in [0.15, 0.2) is 6.33 Å². The highest BCUT2D eigenvalue weighted by Gasteiger charge is 2.45. The quantitative estimate of drug-likeness (QED) is 0.0737. The molecule has 1 fully saturated rings. The van der Waals surface area contributed by atoms with Crippen molar-refractivity contribution in [3.63, 3.8) is 0 Å². The Morgan fingerprint density at radius 3 is 2.28 bits per heavy atom. The van der Waals surface area contributed by atoms with Crippen LogP contribution in [-0.2, 0) is 18.6 Å². The van der Waals surface area contributed by atoms with E-state index in [1.54, 1.807) is 0 Å². The van der Waals surface area contributed by atoms with Gasteiger partial charge in [-0.05, 0) is 24.4 Å². The molecule has 43 heavy (non-hydrogen) atoms. The van der Waals surface area contributed by atoms with E-state index < -0.39 is 57.7 Å². The third-order valence-electron chi connectivity index (χ3n) is 7.13. The summed E-state index contributed by atoms with van der Waals surface area (Å²) in [4.78, 5) is 52.7. The highest BCUT2D eigenvalue weighted by Crippen LogP contribution is 2.55. The van der Waals surface area contributed by atoms with Gasteiger partial charge in [-0.2, -0.15) is 9.97 Å². The van der Waals surface area contributed by atoms with Crippen LogP contribution in [0, 0.1) is 0 Å². The fourth-order valence-corrected chi connectivity index (χ4v) is 8.63. The van der Waals surface area contributed by atoms with Gasteiger partial charge in [0.15, 0.2) is 23.2 Å². The van der Waals surface area contributed by atoms with E-state index in [2.05, 4.69) is 27.2 Å². The summed E-state index contributed by atoms with van der Waals surface area (Å²) < 4.78 is 35.6. The van der Waals surface area contributed by atoms with Gasteiger partial charge in [-0.1, -0.05) is 64.7 Å². The van der Waals surface area contributed by atoms with Crippen molar-refractivity contribution < 1.29 is 48.3 Å². The average Bonchev–Trinajstić information content (AvgIpc) is 3.45. The number of aliphatic hydroxyl groups excluding tert-OH is 2. The van der Waals surface area contributed by atoms with Gasteiger partial charge in [0.25, 0.3) is 0 Å². The van der Waals surface area contributed by atoms with Crippen LogP contribution in [0.4, 0.5) is 10.6 Å². The predicted octanol–water partition coefficient (Wildman–Crippen LogP) is 4.36. The van der Waals surface area contributed by atoms with E-state index in [1.165, 1.54) is 49.4 Å². The molecule has 2 aromatic rings. The van der Waals surface area contributed by atoms with E-state index in [1.807, 2.05) is 0 Å². The molecule has 15 nitrogen and oxygen atoms in total. The van der Waals surface area contributed by atoms with Gasteiger partial charge in [0.1, 0.15) is 18.1 Å². The number of aromatic nitrogens is 4. The highest BCUT2D eigenvalue weighted by molar-refractivity contribution is 7.72. The van der Waals surface area contributed by atoms with Crippen LogP contribution in [-0.4, -0.2) is 87.5 Å².